The van der Waals surface area contributed by atoms with E-state index in [-0.39, 0.29) is 9.66 Å². The van der Waals surface area contributed by atoms with Crippen LogP contribution in [0.5, 0.6) is 0 Å². The first-order valence-electron chi connectivity index (χ1n) is 6.34. The molecule has 1 aromatic heterocycles. The number of aliphatic hydroxyl groups is 3. The number of aromatic nitrogens is 2. The van der Waals surface area contributed by atoms with Gasteiger partial charge in [-0.15, -0.1) is 0 Å². The highest BCUT2D eigenvalue weighted by atomic mass is 35.5. The van der Waals surface area contributed by atoms with Gasteiger partial charge in [-0.1, -0.05) is 23.8 Å². The van der Waals surface area contributed by atoms with Crippen LogP contribution < -0.4 is 5.69 Å². The van der Waals surface area contributed by atoms with Crippen LogP contribution in [0.15, 0.2) is 11.0 Å². The Hall–Kier alpha value is -0.645. The maximum absolute atomic E-state index is 14.9. The van der Waals surface area contributed by atoms with E-state index < -0.39 is 34.8 Å². The third kappa shape index (κ3) is 2.38. The number of aliphatic hydroxyl groups excluding tert-OH is 2. The highest BCUT2D eigenvalue weighted by Gasteiger charge is 2.67. The first-order chi connectivity index (χ1) is 9.84. The van der Waals surface area contributed by atoms with Crippen LogP contribution in [0.1, 0.15) is 0 Å². The summed E-state index contributed by atoms with van der Waals surface area (Å²) >= 11 is 10.6. The third-order valence-corrected chi connectivity index (χ3v) is 4.52. The van der Waals surface area contributed by atoms with Gasteiger partial charge in [0.25, 0.3) is 5.85 Å². The van der Waals surface area contributed by atoms with Crippen molar-refractivity contribution in [2.75, 3.05) is 0 Å². The maximum Gasteiger partial charge on any atom is 0.328 e. The average Bonchev–Trinajstić information content (AvgIpc) is 2.56. The van der Waals surface area contributed by atoms with Gasteiger partial charge in [0.1, 0.15) is 38.2 Å². The minimum absolute atomic E-state index is 0.0271. The fourth-order valence-electron chi connectivity index (χ4n) is 2.37. The molecule has 0 unspecified atom stereocenters. The number of nitrogens with zero attached hydrogens (tertiary/aromatic N) is 1. The lowest BCUT2D eigenvalue weighted by atomic mass is 9.59. The number of hydrogen-bond donors (Lipinski definition) is 4. The molecule has 1 aliphatic heterocycles. The molecule has 0 spiro atoms. The van der Waals surface area contributed by atoms with Gasteiger partial charge < -0.3 is 20.1 Å². The molecule has 0 bridgehead atoms. The fraction of sp³-hybridized carbons (Fsp3) is 0.556. The van der Waals surface area contributed by atoms with Crippen LogP contribution in [0, 0.1) is 4.64 Å². The van der Waals surface area contributed by atoms with E-state index in [1.165, 1.54) is 7.85 Å². The number of ether oxygens (including phenoxy) is 1. The highest BCUT2D eigenvalue weighted by molar-refractivity contribution is 7.71. The molecule has 118 valence electrons. The topological polar surface area (TPSA) is 108 Å². The number of nitrogens with one attached hydrogen (secondary N) is 1. The Morgan fingerprint density at radius 2 is 2.05 bits per heavy atom. The third-order valence-electron chi connectivity index (χ3n) is 3.79. The summed E-state index contributed by atoms with van der Waals surface area (Å²) in [7, 11) is 3.33. The van der Waals surface area contributed by atoms with Crippen LogP contribution in [-0.4, -0.2) is 71.9 Å². The zero-order valence-electron chi connectivity index (χ0n) is 12.0. The molecule has 13 heteroatoms. The Morgan fingerprint density at radius 1 is 1.50 bits per heavy atom. The van der Waals surface area contributed by atoms with Crippen molar-refractivity contribution in [3.63, 3.8) is 0 Å². The lowest BCUT2D eigenvalue weighted by molar-refractivity contribution is -0.243. The molecule has 4 N–H and O–H groups in total. The van der Waals surface area contributed by atoms with Gasteiger partial charge in [0, 0.05) is 6.20 Å². The monoisotopic (exact) mass is 348 g/mol. The number of hydrogen-bond acceptors (Lipinski definition) is 6. The summed E-state index contributed by atoms with van der Waals surface area (Å²) in [6.45, 7) is 0. The van der Waals surface area contributed by atoms with E-state index in [2.05, 4.69) is 4.98 Å². The first kappa shape index (κ1) is 17.7. The molecule has 22 heavy (non-hydrogen) atoms. The van der Waals surface area contributed by atoms with Crippen molar-refractivity contribution in [2.24, 2.45) is 0 Å². The molecule has 1 aliphatic rings. The standard InChI is InChI=1S/C9H13B3ClFN2O5S/c10-8(16-1-2(13)5(22)15-6(16)19)4(18)3(17)7(14,21-8)9(11,12)20/h1,3-4,17-18,20H,10-12H2,(H,15,19,22)/t3-,4+,7-,8-/m0/s1. The van der Waals surface area contributed by atoms with Gasteiger partial charge in [-0.3, -0.25) is 9.55 Å². The van der Waals surface area contributed by atoms with Crippen LogP contribution in [0.3, 0.4) is 0 Å². The number of aromatic amines is 1. The fourth-order valence-corrected chi connectivity index (χ4v) is 2.66. The zero-order chi connectivity index (χ0) is 17.1. The maximum atomic E-state index is 14.9. The second-order valence-corrected chi connectivity index (χ2v) is 6.67. The van der Waals surface area contributed by atoms with Gasteiger partial charge in [0.05, 0.1) is 10.4 Å². The van der Waals surface area contributed by atoms with E-state index in [9.17, 15) is 24.5 Å². The summed E-state index contributed by atoms with van der Waals surface area (Å²) in [6, 6.07) is 0. The Bertz CT molecular complexity index is 726. The van der Waals surface area contributed by atoms with Crippen molar-refractivity contribution in [1.29, 1.82) is 0 Å². The van der Waals surface area contributed by atoms with Gasteiger partial charge >= 0.3 is 5.69 Å². The van der Waals surface area contributed by atoms with Gasteiger partial charge in [-0.25, -0.2) is 9.18 Å². The molecular formula is C9H13B3ClFN2O5S. The number of alkyl halides is 1. The molecular weight excluding hydrogens is 335 g/mol. The van der Waals surface area contributed by atoms with Crippen molar-refractivity contribution in [2.45, 2.75) is 29.1 Å². The van der Waals surface area contributed by atoms with E-state index in [4.69, 9.17) is 28.6 Å². The van der Waals surface area contributed by atoms with E-state index in [0.29, 0.717) is 0 Å². The van der Waals surface area contributed by atoms with Crippen molar-refractivity contribution in [1.82, 2.24) is 9.55 Å². The second-order valence-electron chi connectivity index (χ2n) is 5.86. The predicted octanol–water partition coefficient (Wildman–Crippen LogP) is -3.87. The van der Waals surface area contributed by atoms with E-state index in [1.54, 1.807) is 0 Å². The number of halogens is 2. The predicted molar refractivity (Wildman–Crippen MR) is 86.4 cm³/mol. The highest BCUT2D eigenvalue weighted by Crippen LogP contribution is 2.44. The van der Waals surface area contributed by atoms with Crippen molar-refractivity contribution >= 4 is 47.4 Å². The van der Waals surface area contributed by atoms with Gasteiger partial charge in [-0.05, 0) is 0 Å². The van der Waals surface area contributed by atoms with Crippen LogP contribution in [-0.2, 0) is 10.4 Å². The lowest BCUT2D eigenvalue weighted by Crippen LogP contribution is -2.59. The SMILES string of the molecule is BC(B)(O)[C@@]1(F)O[C@@](B)(n2cc(Cl)c(=S)[nH]c2=O)[C@H](O)[C@@H]1O. The quantitative estimate of drug-likeness (QED) is 0.322. The molecule has 0 aliphatic carbocycles. The van der Waals surface area contributed by atoms with E-state index in [0.717, 1.165) is 26.5 Å². The Labute approximate surface area is 137 Å². The Morgan fingerprint density at radius 3 is 2.50 bits per heavy atom. The molecule has 0 amide bonds. The molecule has 0 saturated carbocycles. The first-order valence-corrected chi connectivity index (χ1v) is 7.13. The average molecular weight is 348 g/mol. The molecule has 7 nitrogen and oxygen atoms in total. The van der Waals surface area contributed by atoms with Crippen molar-refractivity contribution in [3.8, 4) is 0 Å². The van der Waals surface area contributed by atoms with Gasteiger partial charge in [-0.2, -0.15) is 0 Å². The van der Waals surface area contributed by atoms with Crippen molar-refractivity contribution < 1.29 is 24.4 Å². The Kier molecular flexibility index (Phi) is 4.17. The van der Waals surface area contributed by atoms with Gasteiger partial charge in [0.2, 0.25) is 0 Å². The summed E-state index contributed by atoms with van der Waals surface area (Å²) in [5, 5.41) is 27.9. The van der Waals surface area contributed by atoms with Gasteiger partial charge in [0.15, 0.2) is 7.85 Å². The molecule has 1 fully saturated rings. The van der Waals surface area contributed by atoms with Crippen LogP contribution in [0.25, 0.3) is 0 Å². The summed E-state index contributed by atoms with van der Waals surface area (Å²) in [5.41, 5.74) is -2.82. The van der Waals surface area contributed by atoms with Crippen LogP contribution in [0.2, 0.25) is 5.02 Å². The number of H-pyrrole nitrogens is 1. The largest absolute Gasteiger partial charge is 0.402 e. The Balaban J connectivity index is 2.64. The molecule has 2 heterocycles. The van der Waals surface area contributed by atoms with Crippen LogP contribution in [0.4, 0.5) is 4.39 Å². The molecule has 4 atom stereocenters. The summed E-state index contributed by atoms with van der Waals surface area (Å²) in [4.78, 5) is 14.3. The van der Waals surface area contributed by atoms with E-state index >= 15 is 0 Å². The normalized spacial score (nSPS) is 35.7. The molecule has 2 rings (SSSR count). The zero-order valence-corrected chi connectivity index (χ0v) is 13.6. The summed E-state index contributed by atoms with van der Waals surface area (Å²) < 4.78 is 20.8. The van der Waals surface area contributed by atoms with Crippen LogP contribution >= 0.6 is 23.8 Å². The molecule has 1 aromatic rings. The smallest absolute Gasteiger partial charge is 0.328 e. The molecule has 0 radical (unpaired) electrons. The summed E-state index contributed by atoms with van der Waals surface area (Å²) in [5.74, 6) is -3.00. The number of rotatable bonds is 2. The summed E-state index contributed by atoms with van der Waals surface area (Å²) in [6.07, 6.45) is -2.87. The minimum atomic E-state index is -3.00. The van der Waals surface area contributed by atoms with Crippen molar-refractivity contribution in [3.05, 3.63) is 26.3 Å². The molecule has 0 aromatic carbocycles. The molecule has 1 saturated heterocycles. The minimum Gasteiger partial charge on any atom is -0.402 e. The van der Waals surface area contributed by atoms with E-state index in [1.807, 2.05) is 0 Å². The lowest BCUT2D eigenvalue weighted by Gasteiger charge is -2.36. The second kappa shape index (κ2) is 5.18.